The SMILES string of the molecule is O=C(CCc1c2ccccc2cc2ccccc12)NC1CCN(c2nccs2)CC1. The molecule has 4 aromatic rings. The summed E-state index contributed by atoms with van der Waals surface area (Å²) in [5.74, 6) is 0.153. The van der Waals surface area contributed by atoms with E-state index >= 15 is 0 Å². The van der Waals surface area contributed by atoms with Gasteiger partial charge in [-0.1, -0.05) is 48.5 Å². The molecule has 1 aliphatic rings. The van der Waals surface area contributed by atoms with Crippen molar-refractivity contribution >= 4 is 43.9 Å². The van der Waals surface area contributed by atoms with Gasteiger partial charge in [-0.3, -0.25) is 4.79 Å². The highest BCUT2D eigenvalue weighted by molar-refractivity contribution is 7.13. The molecule has 0 atom stereocenters. The van der Waals surface area contributed by atoms with E-state index in [-0.39, 0.29) is 11.9 Å². The summed E-state index contributed by atoms with van der Waals surface area (Å²) in [6.45, 7) is 1.90. The van der Waals surface area contributed by atoms with Crippen LogP contribution in [0.2, 0.25) is 0 Å². The molecule has 4 nitrogen and oxygen atoms in total. The minimum absolute atomic E-state index is 0.153. The van der Waals surface area contributed by atoms with Crippen molar-refractivity contribution in [3.8, 4) is 0 Å². The fraction of sp³-hybridized carbons (Fsp3) is 0.280. The molecular formula is C25H25N3OS. The summed E-state index contributed by atoms with van der Waals surface area (Å²) in [7, 11) is 0. The summed E-state index contributed by atoms with van der Waals surface area (Å²) in [6.07, 6.45) is 5.08. The number of fused-ring (bicyclic) bond motifs is 2. The van der Waals surface area contributed by atoms with Gasteiger partial charge in [0.2, 0.25) is 5.91 Å². The van der Waals surface area contributed by atoms with Crippen molar-refractivity contribution < 1.29 is 4.79 Å². The molecule has 1 fully saturated rings. The van der Waals surface area contributed by atoms with Crippen molar-refractivity contribution in [3.05, 3.63) is 71.7 Å². The molecule has 0 spiro atoms. The number of hydrogen-bond acceptors (Lipinski definition) is 4. The minimum Gasteiger partial charge on any atom is -0.353 e. The van der Waals surface area contributed by atoms with Crippen LogP contribution in [0.5, 0.6) is 0 Å². The third-order valence-corrected chi connectivity index (χ3v) is 6.87. The van der Waals surface area contributed by atoms with E-state index < -0.39 is 0 Å². The average molecular weight is 416 g/mol. The molecule has 0 saturated carbocycles. The van der Waals surface area contributed by atoms with Crippen LogP contribution in [0.4, 0.5) is 5.13 Å². The van der Waals surface area contributed by atoms with Crippen LogP contribution >= 0.6 is 11.3 Å². The lowest BCUT2D eigenvalue weighted by atomic mass is 9.94. The van der Waals surface area contributed by atoms with Crippen LogP contribution in [-0.2, 0) is 11.2 Å². The molecule has 2 heterocycles. The van der Waals surface area contributed by atoms with Crippen LogP contribution in [0.3, 0.4) is 0 Å². The van der Waals surface area contributed by atoms with Crippen LogP contribution in [0.15, 0.2) is 66.2 Å². The van der Waals surface area contributed by atoms with E-state index in [0.717, 1.165) is 37.5 Å². The number of amides is 1. The number of rotatable bonds is 5. The van der Waals surface area contributed by atoms with Gasteiger partial charge in [0.1, 0.15) is 0 Å². The third kappa shape index (κ3) is 3.90. The zero-order valence-electron chi connectivity index (χ0n) is 16.9. The molecular weight excluding hydrogens is 390 g/mol. The first-order chi connectivity index (χ1) is 14.8. The van der Waals surface area contributed by atoms with E-state index in [0.29, 0.717) is 6.42 Å². The molecule has 1 aromatic heterocycles. The van der Waals surface area contributed by atoms with Gasteiger partial charge < -0.3 is 10.2 Å². The number of anilines is 1. The van der Waals surface area contributed by atoms with E-state index in [4.69, 9.17) is 0 Å². The van der Waals surface area contributed by atoms with Crippen LogP contribution in [0.25, 0.3) is 21.5 Å². The van der Waals surface area contributed by atoms with Crippen LogP contribution in [0.1, 0.15) is 24.8 Å². The number of carbonyl (C=O) groups is 1. The highest BCUT2D eigenvalue weighted by Gasteiger charge is 2.22. The second-order valence-electron chi connectivity index (χ2n) is 7.94. The molecule has 0 unspecified atom stereocenters. The first-order valence-corrected chi connectivity index (χ1v) is 11.5. The zero-order valence-corrected chi connectivity index (χ0v) is 17.7. The molecule has 1 aliphatic heterocycles. The van der Waals surface area contributed by atoms with Crippen molar-refractivity contribution in [3.63, 3.8) is 0 Å². The number of hydrogen-bond donors (Lipinski definition) is 1. The van der Waals surface area contributed by atoms with Crippen molar-refractivity contribution in [2.45, 2.75) is 31.7 Å². The highest BCUT2D eigenvalue weighted by Crippen LogP contribution is 2.29. The van der Waals surface area contributed by atoms with Crippen molar-refractivity contribution in [2.75, 3.05) is 18.0 Å². The Hall–Kier alpha value is -2.92. The molecule has 0 radical (unpaired) electrons. The molecule has 1 saturated heterocycles. The van der Waals surface area contributed by atoms with Gasteiger partial charge in [0.25, 0.3) is 0 Å². The fourth-order valence-corrected chi connectivity index (χ4v) is 5.20. The molecule has 0 aliphatic carbocycles. The Morgan fingerprint density at radius 2 is 1.70 bits per heavy atom. The molecule has 1 N–H and O–H groups in total. The maximum atomic E-state index is 12.7. The lowest BCUT2D eigenvalue weighted by molar-refractivity contribution is -0.121. The highest BCUT2D eigenvalue weighted by atomic mass is 32.1. The molecule has 30 heavy (non-hydrogen) atoms. The largest absolute Gasteiger partial charge is 0.353 e. The Morgan fingerprint density at radius 1 is 1.03 bits per heavy atom. The lowest BCUT2D eigenvalue weighted by Gasteiger charge is -2.32. The number of nitrogens with zero attached hydrogens (tertiary/aromatic N) is 2. The molecule has 5 heteroatoms. The summed E-state index contributed by atoms with van der Waals surface area (Å²) in [5, 5.41) is 11.3. The van der Waals surface area contributed by atoms with Gasteiger partial charge in [-0.2, -0.15) is 0 Å². The number of aromatic nitrogens is 1. The summed E-state index contributed by atoms with van der Waals surface area (Å²) in [4.78, 5) is 19.4. The second-order valence-corrected chi connectivity index (χ2v) is 8.81. The molecule has 5 rings (SSSR count). The molecule has 1 amide bonds. The number of nitrogens with one attached hydrogen (secondary N) is 1. The smallest absolute Gasteiger partial charge is 0.220 e. The van der Waals surface area contributed by atoms with Crippen molar-refractivity contribution in [1.82, 2.24) is 10.3 Å². The maximum absolute atomic E-state index is 12.7. The lowest BCUT2D eigenvalue weighted by Crippen LogP contribution is -2.44. The predicted molar refractivity (Wildman–Crippen MR) is 125 cm³/mol. The number of piperidine rings is 1. The van der Waals surface area contributed by atoms with Crippen molar-refractivity contribution in [2.24, 2.45) is 0 Å². The van der Waals surface area contributed by atoms with Gasteiger partial charge in [-0.15, -0.1) is 11.3 Å². The Kier molecular flexibility index (Phi) is 5.37. The topological polar surface area (TPSA) is 45.2 Å². The fourth-order valence-electron chi connectivity index (χ4n) is 4.50. The summed E-state index contributed by atoms with van der Waals surface area (Å²) < 4.78 is 0. The molecule has 3 aromatic carbocycles. The molecule has 0 bridgehead atoms. The Morgan fingerprint density at radius 3 is 2.33 bits per heavy atom. The minimum atomic E-state index is 0.153. The summed E-state index contributed by atoms with van der Waals surface area (Å²) >= 11 is 1.68. The van der Waals surface area contributed by atoms with Gasteiger partial charge >= 0.3 is 0 Å². The third-order valence-electron chi connectivity index (χ3n) is 6.03. The second kappa shape index (κ2) is 8.44. The van der Waals surface area contributed by atoms with Crippen molar-refractivity contribution in [1.29, 1.82) is 0 Å². The van der Waals surface area contributed by atoms with Gasteiger partial charge in [-0.05, 0) is 52.4 Å². The predicted octanol–water partition coefficient (Wildman–Crippen LogP) is 5.17. The van der Waals surface area contributed by atoms with Gasteiger partial charge in [-0.25, -0.2) is 4.98 Å². The zero-order chi connectivity index (χ0) is 20.3. The van der Waals surface area contributed by atoms with E-state index in [1.54, 1.807) is 11.3 Å². The van der Waals surface area contributed by atoms with Crippen LogP contribution in [-0.4, -0.2) is 30.0 Å². The molecule has 152 valence electrons. The number of thiazole rings is 1. The van der Waals surface area contributed by atoms with Gasteiger partial charge in [0.15, 0.2) is 5.13 Å². The first-order valence-electron chi connectivity index (χ1n) is 10.6. The van der Waals surface area contributed by atoms with E-state index in [2.05, 4.69) is 69.8 Å². The number of aryl methyl sites for hydroxylation is 1. The summed E-state index contributed by atoms with van der Waals surface area (Å²) in [6, 6.07) is 19.5. The van der Waals surface area contributed by atoms with E-state index in [1.807, 2.05) is 11.6 Å². The standard InChI is InChI=1S/C25H25N3OS/c29-24(27-20-11-14-28(15-12-20)25-26-13-16-30-25)10-9-23-21-7-3-1-5-18(21)17-19-6-2-4-8-22(19)23/h1-8,13,16-17,20H,9-12,14-15H2,(H,27,29). The normalized spacial score (nSPS) is 15.0. The number of benzene rings is 3. The number of carbonyl (C=O) groups excluding carboxylic acids is 1. The van der Waals surface area contributed by atoms with Gasteiger partial charge in [0.05, 0.1) is 0 Å². The maximum Gasteiger partial charge on any atom is 0.220 e. The van der Waals surface area contributed by atoms with E-state index in [9.17, 15) is 4.79 Å². The Labute approximate surface area is 180 Å². The van der Waals surface area contributed by atoms with Crippen LogP contribution < -0.4 is 10.2 Å². The first kappa shape index (κ1) is 19.1. The van der Waals surface area contributed by atoms with Gasteiger partial charge in [0, 0.05) is 37.1 Å². The van der Waals surface area contributed by atoms with Crippen LogP contribution in [0, 0.1) is 0 Å². The Balaban J connectivity index is 1.25. The Bertz CT molecular complexity index is 1110. The monoisotopic (exact) mass is 415 g/mol. The van der Waals surface area contributed by atoms with E-state index in [1.165, 1.54) is 27.1 Å². The summed E-state index contributed by atoms with van der Waals surface area (Å²) in [5.41, 5.74) is 1.28. The average Bonchev–Trinajstić information content (AvgIpc) is 3.32. The quantitative estimate of drug-likeness (QED) is 0.458.